The molecule has 0 saturated carbocycles. The van der Waals surface area contributed by atoms with Gasteiger partial charge in [-0.25, -0.2) is 0 Å². The molecule has 0 aromatic heterocycles. The fraction of sp³-hybridized carbons (Fsp3) is 0.182. The van der Waals surface area contributed by atoms with E-state index in [4.69, 9.17) is 5.73 Å². The molecule has 1 rings (SSSR count). The number of thiocarbonyl (C=S) groups is 1. The van der Waals surface area contributed by atoms with Gasteiger partial charge >= 0.3 is 0 Å². The van der Waals surface area contributed by atoms with Gasteiger partial charge in [0.05, 0.1) is 5.70 Å². The number of phenolic OH excluding ortho intramolecular Hbond substituents is 2. The summed E-state index contributed by atoms with van der Waals surface area (Å²) < 4.78 is 0. The van der Waals surface area contributed by atoms with Gasteiger partial charge in [-0.1, -0.05) is 13.0 Å². The largest absolute Gasteiger partial charge is 0.508 e. The van der Waals surface area contributed by atoms with Crippen LogP contribution in [-0.2, 0) is 0 Å². The van der Waals surface area contributed by atoms with Crippen LogP contribution in [0.2, 0.25) is 0 Å². The quantitative estimate of drug-likeness (QED) is 0.314. The van der Waals surface area contributed by atoms with Crippen molar-refractivity contribution >= 4 is 23.0 Å². The van der Waals surface area contributed by atoms with E-state index in [0.717, 1.165) is 6.42 Å². The lowest BCUT2D eigenvalue weighted by molar-refractivity contribution is 0.458. The number of aromatic hydroxyl groups is 2. The third-order valence-electron chi connectivity index (χ3n) is 2.00. The maximum atomic E-state index is 9.71. The van der Waals surface area contributed by atoms with E-state index in [1.807, 2.05) is 13.0 Å². The number of allylic oxidation sites excluding steroid dienone is 1. The second kappa shape index (κ2) is 5.95. The molecular weight excluding hydrogens is 238 g/mol. The summed E-state index contributed by atoms with van der Waals surface area (Å²) in [6.45, 7) is 1.95. The molecule has 0 amide bonds. The molecule has 0 radical (unpaired) electrons. The maximum absolute atomic E-state index is 9.71. The smallest absolute Gasteiger partial charge is 0.182 e. The van der Waals surface area contributed by atoms with Crippen molar-refractivity contribution in [2.24, 2.45) is 5.73 Å². The van der Waals surface area contributed by atoms with Crippen molar-refractivity contribution in [2.75, 3.05) is 0 Å². The van der Waals surface area contributed by atoms with E-state index in [1.54, 1.807) is 0 Å². The molecule has 0 aliphatic carbocycles. The standard InChI is InChI=1S/C11H15N3O2S/c1-2-3-9(13-14-11(12)17)8-6-7(15)4-5-10(8)16/h3-6,13,15-16H,2H2,1H3,(H3,12,14,17)/b9-3+. The van der Waals surface area contributed by atoms with Crippen molar-refractivity contribution in [2.45, 2.75) is 13.3 Å². The number of nitrogens with one attached hydrogen (secondary N) is 2. The average Bonchev–Trinajstić information content (AvgIpc) is 2.27. The van der Waals surface area contributed by atoms with Gasteiger partial charge in [-0.15, -0.1) is 0 Å². The Balaban J connectivity index is 3.01. The van der Waals surface area contributed by atoms with Gasteiger partial charge in [-0.2, -0.15) is 0 Å². The molecule has 5 nitrogen and oxygen atoms in total. The Hall–Kier alpha value is -1.95. The van der Waals surface area contributed by atoms with Gasteiger partial charge in [-0.05, 0) is 36.8 Å². The lowest BCUT2D eigenvalue weighted by Crippen LogP contribution is -2.39. The zero-order valence-electron chi connectivity index (χ0n) is 9.40. The molecule has 0 bridgehead atoms. The summed E-state index contributed by atoms with van der Waals surface area (Å²) in [5.74, 6) is 0.122. The summed E-state index contributed by atoms with van der Waals surface area (Å²) in [5.41, 5.74) is 11.7. The van der Waals surface area contributed by atoms with Crippen LogP contribution >= 0.6 is 12.2 Å². The molecule has 1 aromatic rings. The third-order valence-corrected chi connectivity index (χ3v) is 2.10. The molecule has 0 unspecified atom stereocenters. The van der Waals surface area contributed by atoms with Crippen molar-refractivity contribution in [3.8, 4) is 11.5 Å². The number of phenols is 2. The fourth-order valence-electron chi connectivity index (χ4n) is 1.30. The first-order valence-electron chi connectivity index (χ1n) is 5.08. The molecule has 0 aliphatic rings. The van der Waals surface area contributed by atoms with Crippen LogP contribution in [0, 0.1) is 0 Å². The predicted molar refractivity (Wildman–Crippen MR) is 71.1 cm³/mol. The predicted octanol–water partition coefficient (Wildman–Crippen LogP) is 1.19. The first-order chi connectivity index (χ1) is 8.04. The Morgan fingerprint density at radius 3 is 2.71 bits per heavy atom. The van der Waals surface area contributed by atoms with Crippen LogP contribution < -0.4 is 16.6 Å². The van der Waals surface area contributed by atoms with E-state index in [9.17, 15) is 10.2 Å². The van der Waals surface area contributed by atoms with Gasteiger partial charge in [0.15, 0.2) is 5.11 Å². The van der Waals surface area contributed by atoms with Crippen molar-refractivity contribution in [1.29, 1.82) is 0 Å². The summed E-state index contributed by atoms with van der Waals surface area (Å²) in [5, 5.41) is 19.2. The summed E-state index contributed by atoms with van der Waals surface area (Å²) in [6.07, 6.45) is 2.58. The minimum Gasteiger partial charge on any atom is -0.508 e. The van der Waals surface area contributed by atoms with Crippen LogP contribution in [0.15, 0.2) is 24.3 Å². The van der Waals surface area contributed by atoms with Crippen LogP contribution in [0.25, 0.3) is 5.70 Å². The van der Waals surface area contributed by atoms with Crippen LogP contribution in [0.1, 0.15) is 18.9 Å². The summed E-state index contributed by atoms with van der Waals surface area (Å²) >= 11 is 4.67. The Kier molecular flexibility index (Phi) is 4.59. The number of rotatable bonds is 4. The highest BCUT2D eigenvalue weighted by Gasteiger charge is 2.07. The average molecular weight is 253 g/mol. The van der Waals surface area contributed by atoms with Crippen LogP contribution in [0.5, 0.6) is 11.5 Å². The van der Waals surface area contributed by atoms with Crippen molar-refractivity contribution < 1.29 is 10.2 Å². The van der Waals surface area contributed by atoms with E-state index in [2.05, 4.69) is 23.1 Å². The molecule has 6 N–H and O–H groups in total. The minimum absolute atomic E-state index is 0.0553. The summed E-state index contributed by atoms with van der Waals surface area (Å²) in [6, 6.07) is 4.27. The Bertz CT molecular complexity index is 446. The molecule has 6 heteroatoms. The SMILES string of the molecule is CC/C=C(/NNC(N)=S)c1cc(O)ccc1O. The van der Waals surface area contributed by atoms with Gasteiger partial charge < -0.3 is 15.9 Å². The lowest BCUT2D eigenvalue weighted by atomic mass is 10.1. The number of hydrogen-bond acceptors (Lipinski definition) is 4. The third kappa shape index (κ3) is 3.84. The van der Waals surface area contributed by atoms with E-state index in [-0.39, 0.29) is 16.6 Å². The highest BCUT2D eigenvalue weighted by Crippen LogP contribution is 2.27. The van der Waals surface area contributed by atoms with Crippen LogP contribution in [0.3, 0.4) is 0 Å². The summed E-state index contributed by atoms with van der Waals surface area (Å²) in [7, 11) is 0. The first-order valence-corrected chi connectivity index (χ1v) is 5.49. The van der Waals surface area contributed by atoms with Gasteiger partial charge in [0, 0.05) is 5.56 Å². The number of benzene rings is 1. The molecule has 0 heterocycles. The molecule has 0 aliphatic heterocycles. The van der Waals surface area contributed by atoms with Crippen molar-refractivity contribution in [1.82, 2.24) is 10.9 Å². The highest BCUT2D eigenvalue weighted by molar-refractivity contribution is 7.80. The molecule has 17 heavy (non-hydrogen) atoms. The molecule has 0 fully saturated rings. The number of hydrazine groups is 1. The molecule has 92 valence electrons. The van der Waals surface area contributed by atoms with Crippen LogP contribution in [0.4, 0.5) is 0 Å². The zero-order chi connectivity index (χ0) is 12.8. The zero-order valence-corrected chi connectivity index (χ0v) is 10.2. The molecule has 1 aromatic carbocycles. The van der Waals surface area contributed by atoms with E-state index >= 15 is 0 Å². The lowest BCUT2D eigenvalue weighted by Gasteiger charge is -2.13. The number of nitrogens with two attached hydrogens (primary N) is 1. The Morgan fingerprint density at radius 2 is 2.12 bits per heavy atom. The maximum Gasteiger partial charge on any atom is 0.182 e. The van der Waals surface area contributed by atoms with E-state index in [1.165, 1.54) is 18.2 Å². The van der Waals surface area contributed by atoms with Crippen molar-refractivity contribution in [3.63, 3.8) is 0 Å². The Morgan fingerprint density at radius 1 is 1.41 bits per heavy atom. The highest BCUT2D eigenvalue weighted by atomic mass is 32.1. The molecule has 0 saturated heterocycles. The monoisotopic (exact) mass is 253 g/mol. The second-order valence-electron chi connectivity index (χ2n) is 3.34. The first kappa shape index (κ1) is 13.1. The Labute approximate surface area is 105 Å². The minimum atomic E-state index is 0.0553. The number of hydrogen-bond donors (Lipinski definition) is 5. The van der Waals surface area contributed by atoms with E-state index < -0.39 is 0 Å². The molecule has 0 atom stereocenters. The normalized spacial score (nSPS) is 11.0. The van der Waals surface area contributed by atoms with Gasteiger partial charge in [0.1, 0.15) is 11.5 Å². The molecule has 0 spiro atoms. The van der Waals surface area contributed by atoms with Crippen molar-refractivity contribution in [3.05, 3.63) is 29.8 Å². The van der Waals surface area contributed by atoms with Gasteiger partial charge in [-0.3, -0.25) is 10.9 Å². The van der Waals surface area contributed by atoms with Crippen LogP contribution in [-0.4, -0.2) is 15.3 Å². The van der Waals surface area contributed by atoms with Gasteiger partial charge in [0.2, 0.25) is 0 Å². The van der Waals surface area contributed by atoms with Gasteiger partial charge in [0.25, 0.3) is 0 Å². The second-order valence-corrected chi connectivity index (χ2v) is 3.78. The summed E-state index contributed by atoms with van der Waals surface area (Å²) in [4.78, 5) is 0. The fourth-order valence-corrected chi connectivity index (χ4v) is 1.35. The van der Waals surface area contributed by atoms with E-state index in [0.29, 0.717) is 11.3 Å². The molecular formula is C11H15N3O2S. The topological polar surface area (TPSA) is 90.5 Å².